The number of nitrogens with zero attached hydrogens (tertiary/aromatic N) is 2. The molecule has 2 rings (SSSR count). The maximum atomic E-state index is 12.3. The van der Waals surface area contributed by atoms with Crippen LogP contribution in [0.1, 0.15) is 5.56 Å². The largest absolute Gasteiger partial charge is 0.497 e. The fourth-order valence-corrected chi connectivity index (χ4v) is 4.02. The summed E-state index contributed by atoms with van der Waals surface area (Å²) in [6, 6.07) is 9.73. The Kier molecular flexibility index (Phi) is 9.09. The summed E-state index contributed by atoms with van der Waals surface area (Å²) in [4.78, 5) is 12.3. The number of carbonyl (C=O) groups is 1. The van der Waals surface area contributed by atoms with Gasteiger partial charge in [-0.15, -0.1) is 0 Å². The van der Waals surface area contributed by atoms with E-state index < -0.39 is 22.5 Å². The molecule has 0 heterocycles. The van der Waals surface area contributed by atoms with Crippen LogP contribution in [-0.2, 0) is 14.8 Å². The van der Waals surface area contributed by atoms with E-state index in [0.29, 0.717) is 39.6 Å². The highest BCUT2D eigenvalue weighted by Crippen LogP contribution is 2.36. The predicted octanol–water partition coefficient (Wildman–Crippen LogP) is 2.95. The molecule has 0 unspecified atom stereocenters. The summed E-state index contributed by atoms with van der Waals surface area (Å²) in [5.74, 6) is 0.937. The van der Waals surface area contributed by atoms with E-state index in [0.717, 1.165) is 10.6 Å². The lowest BCUT2D eigenvalue weighted by atomic mass is 10.2. The molecule has 172 valence electrons. The Hall–Kier alpha value is -3.05. The molecule has 2 aromatic rings. The van der Waals surface area contributed by atoms with Crippen LogP contribution in [-0.4, -0.2) is 54.2 Å². The van der Waals surface area contributed by atoms with Gasteiger partial charge in [0.25, 0.3) is 5.91 Å². The van der Waals surface area contributed by atoms with Crippen LogP contribution < -0.4 is 23.9 Å². The number of nitrogens with one attached hydrogen (secondary N) is 1. The smallest absolute Gasteiger partial charge is 0.260 e. The van der Waals surface area contributed by atoms with Crippen LogP contribution in [0.15, 0.2) is 58.6 Å². The van der Waals surface area contributed by atoms with Crippen molar-refractivity contribution in [2.45, 2.75) is 0 Å². The van der Waals surface area contributed by atoms with Crippen molar-refractivity contribution < 1.29 is 27.4 Å². The molecule has 9 nitrogen and oxygen atoms in total. The minimum absolute atomic E-state index is 0.309. The lowest BCUT2D eigenvalue weighted by Crippen LogP contribution is -2.39. The zero-order valence-electron chi connectivity index (χ0n) is 17.9. The number of ether oxygens (including phenoxy) is 3. The summed E-state index contributed by atoms with van der Waals surface area (Å²) in [5.41, 5.74) is 3.28. The van der Waals surface area contributed by atoms with E-state index in [1.807, 2.05) is 0 Å². The zero-order chi connectivity index (χ0) is 23.7. The van der Waals surface area contributed by atoms with Crippen molar-refractivity contribution in [3.8, 4) is 17.2 Å². The molecule has 0 fully saturated rings. The molecule has 0 aliphatic rings. The van der Waals surface area contributed by atoms with Gasteiger partial charge >= 0.3 is 0 Å². The third kappa shape index (κ3) is 6.99. The highest BCUT2D eigenvalue weighted by atomic mass is 79.9. The molecule has 0 aliphatic heterocycles. The van der Waals surface area contributed by atoms with Crippen LogP contribution in [0.3, 0.4) is 0 Å². The topological polar surface area (TPSA) is 107 Å². The Balaban J connectivity index is 2.11. The number of amides is 1. The van der Waals surface area contributed by atoms with Crippen LogP contribution in [0, 0.1) is 0 Å². The lowest BCUT2D eigenvalue weighted by Gasteiger charge is -2.21. The van der Waals surface area contributed by atoms with Gasteiger partial charge in [-0.25, -0.2) is 13.8 Å². The van der Waals surface area contributed by atoms with Crippen LogP contribution in [0.5, 0.6) is 17.2 Å². The zero-order valence-corrected chi connectivity index (χ0v) is 20.3. The number of halogens is 1. The van der Waals surface area contributed by atoms with E-state index in [1.165, 1.54) is 20.4 Å². The highest BCUT2D eigenvalue weighted by Gasteiger charge is 2.20. The standard InChI is InChI=1S/C21H24BrN3O6S/c1-5-10-31-21-18(22)11-15(12-19(21)30-3)13-23-24-20(26)14-25(32(4,27)28)16-6-8-17(29-2)9-7-16/h5-9,11-13H,1,10,14H2,2-4H3,(H,24,26)/b23-13-. The Labute approximate surface area is 195 Å². The van der Waals surface area contributed by atoms with E-state index >= 15 is 0 Å². The summed E-state index contributed by atoms with van der Waals surface area (Å²) in [6.45, 7) is 3.48. The van der Waals surface area contributed by atoms with Crippen LogP contribution in [0.2, 0.25) is 0 Å². The first-order valence-electron chi connectivity index (χ1n) is 9.24. The van der Waals surface area contributed by atoms with Crippen molar-refractivity contribution in [2.24, 2.45) is 5.10 Å². The number of hydrogen-bond donors (Lipinski definition) is 1. The predicted molar refractivity (Wildman–Crippen MR) is 127 cm³/mol. The molecule has 0 aromatic heterocycles. The average molecular weight is 526 g/mol. The Morgan fingerprint density at radius 3 is 2.47 bits per heavy atom. The van der Waals surface area contributed by atoms with E-state index in [2.05, 4.69) is 33.0 Å². The van der Waals surface area contributed by atoms with Gasteiger partial charge in [0.05, 0.1) is 36.9 Å². The molecule has 0 bridgehead atoms. The maximum Gasteiger partial charge on any atom is 0.260 e. The van der Waals surface area contributed by atoms with Crippen molar-refractivity contribution in [3.05, 3.63) is 59.1 Å². The van der Waals surface area contributed by atoms with E-state index in [9.17, 15) is 13.2 Å². The van der Waals surface area contributed by atoms with Gasteiger partial charge < -0.3 is 14.2 Å². The molecular weight excluding hydrogens is 502 g/mol. The number of hydrogen-bond acceptors (Lipinski definition) is 7. The molecule has 0 saturated heterocycles. The molecule has 32 heavy (non-hydrogen) atoms. The first-order valence-corrected chi connectivity index (χ1v) is 11.9. The van der Waals surface area contributed by atoms with Crippen LogP contribution in [0.25, 0.3) is 0 Å². The van der Waals surface area contributed by atoms with Crippen molar-refractivity contribution in [3.63, 3.8) is 0 Å². The van der Waals surface area contributed by atoms with Gasteiger partial charge in [0, 0.05) is 0 Å². The van der Waals surface area contributed by atoms with Gasteiger partial charge in [-0.05, 0) is 57.9 Å². The number of hydrazone groups is 1. The van der Waals surface area contributed by atoms with Gasteiger partial charge in [0.1, 0.15) is 18.9 Å². The van der Waals surface area contributed by atoms with Crippen molar-refractivity contribution in [1.29, 1.82) is 0 Å². The minimum Gasteiger partial charge on any atom is -0.497 e. The SMILES string of the molecule is C=CCOc1c(Br)cc(/C=N\NC(=O)CN(c2ccc(OC)cc2)S(C)(=O)=O)cc1OC. The minimum atomic E-state index is -3.70. The molecule has 11 heteroatoms. The molecule has 0 saturated carbocycles. The first kappa shape index (κ1) is 25.2. The quantitative estimate of drug-likeness (QED) is 0.274. The molecule has 0 spiro atoms. The second-order valence-electron chi connectivity index (χ2n) is 6.39. The number of carbonyl (C=O) groups excluding carboxylic acids is 1. The number of methoxy groups -OCH3 is 2. The molecule has 0 aliphatic carbocycles. The summed E-state index contributed by atoms with van der Waals surface area (Å²) < 4.78 is 41.9. The molecule has 2 aromatic carbocycles. The van der Waals surface area contributed by atoms with Gasteiger partial charge in [-0.3, -0.25) is 9.10 Å². The van der Waals surface area contributed by atoms with Gasteiger partial charge in [-0.1, -0.05) is 12.7 Å². The normalized spacial score (nSPS) is 11.1. The average Bonchev–Trinajstić information content (AvgIpc) is 2.75. The summed E-state index contributed by atoms with van der Waals surface area (Å²) in [6.07, 6.45) is 4.04. The van der Waals surface area contributed by atoms with E-state index in [4.69, 9.17) is 14.2 Å². The number of sulfonamides is 1. The maximum absolute atomic E-state index is 12.3. The third-order valence-corrected chi connectivity index (χ3v) is 5.78. The van der Waals surface area contributed by atoms with Gasteiger partial charge in [0.15, 0.2) is 11.5 Å². The van der Waals surface area contributed by atoms with E-state index in [1.54, 1.807) is 42.5 Å². The molecule has 1 amide bonds. The van der Waals surface area contributed by atoms with Gasteiger partial charge in [0.2, 0.25) is 10.0 Å². The first-order chi connectivity index (χ1) is 15.2. The van der Waals surface area contributed by atoms with Crippen molar-refractivity contribution >= 4 is 43.8 Å². The molecular formula is C21H24BrN3O6S. The number of anilines is 1. The fraction of sp³-hybridized carbons (Fsp3) is 0.238. The van der Waals surface area contributed by atoms with Crippen LogP contribution >= 0.6 is 15.9 Å². The second kappa shape index (κ2) is 11.5. The second-order valence-corrected chi connectivity index (χ2v) is 9.16. The monoisotopic (exact) mass is 525 g/mol. The molecule has 0 atom stereocenters. The summed E-state index contributed by atoms with van der Waals surface area (Å²) in [5, 5.41) is 3.91. The Bertz CT molecular complexity index is 1090. The Morgan fingerprint density at radius 1 is 1.22 bits per heavy atom. The summed E-state index contributed by atoms with van der Waals surface area (Å²) in [7, 11) is -0.692. The van der Waals surface area contributed by atoms with Crippen molar-refractivity contribution in [2.75, 3.05) is 37.9 Å². The Morgan fingerprint density at radius 2 is 1.91 bits per heavy atom. The van der Waals surface area contributed by atoms with Crippen LogP contribution in [0.4, 0.5) is 5.69 Å². The van der Waals surface area contributed by atoms with Crippen molar-refractivity contribution in [1.82, 2.24) is 5.43 Å². The van der Waals surface area contributed by atoms with E-state index in [-0.39, 0.29) is 0 Å². The number of rotatable bonds is 11. The number of benzene rings is 2. The van der Waals surface area contributed by atoms with Gasteiger partial charge in [-0.2, -0.15) is 5.10 Å². The highest BCUT2D eigenvalue weighted by molar-refractivity contribution is 9.10. The molecule has 1 N–H and O–H groups in total. The lowest BCUT2D eigenvalue weighted by molar-refractivity contribution is -0.119. The fourth-order valence-electron chi connectivity index (χ4n) is 2.59. The third-order valence-electron chi connectivity index (χ3n) is 4.05. The summed E-state index contributed by atoms with van der Waals surface area (Å²) >= 11 is 3.41. The molecule has 0 radical (unpaired) electrons.